The van der Waals surface area contributed by atoms with Crippen molar-refractivity contribution < 1.29 is 17.6 Å². The second-order valence-corrected chi connectivity index (χ2v) is 9.13. The Kier molecular flexibility index (Phi) is 5.68. The molecule has 1 aliphatic heterocycles. The molecule has 0 unspecified atom stereocenters. The van der Waals surface area contributed by atoms with Crippen LogP contribution in [0.3, 0.4) is 0 Å². The average molecular weight is 362 g/mol. The second kappa shape index (κ2) is 7.18. The first-order valence-electron chi connectivity index (χ1n) is 7.62. The maximum absolute atomic E-state index is 13.1. The van der Waals surface area contributed by atoms with Gasteiger partial charge in [-0.2, -0.15) is 0 Å². The summed E-state index contributed by atoms with van der Waals surface area (Å²) in [6, 6.07) is 4.39. The lowest BCUT2D eigenvalue weighted by Gasteiger charge is -2.39. The number of likely N-dealkylation sites (tertiary alicyclic amines) is 1. The van der Waals surface area contributed by atoms with Crippen LogP contribution >= 0.6 is 11.6 Å². The van der Waals surface area contributed by atoms with Crippen LogP contribution in [0.2, 0.25) is 5.02 Å². The number of aryl methyl sites for hydroxylation is 1. The summed E-state index contributed by atoms with van der Waals surface area (Å²) in [4.78, 5) is 13.6. The maximum Gasteiger partial charge on any atom is 0.222 e. The third kappa shape index (κ3) is 4.67. The van der Waals surface area contributed by atoms with E-state index in [9.17, 15) is 17.6 Å². The van der Waals surface area contributed by atoms with E-state index in [4.69, 9.17) is 11.6 Å². The Hall–Kier alpha value is -1.14. The predicted molar refractivity (Wildman–Crippen MR) is 88.7 cm³/mol. The highest BCUT2D eigenvalue weighted by atomic mass is 35.5. The van der Waals surface area contributed by atoms with Crippen LogP contribution in [0.25, 0.3) is 0 Å². The summed E-state index contributed by atoms with van der Waals surface area (Å²) < 4.78 is 37.2. The van der Waals surface area contributed by atoms with E-state index in [1.54, 1.807) is 11.0 Å². The topological polar surface area (TPSA) is 54.5 Å². The maximum atomic E-state index is 13.1. The number of hydrogen-bond donors (Lipinski definition) is 0. The number of carbonyl (C=O) groups is 1. The number of carbonyl (C=O) groups excluding carboxylic acids is 1. The van der Waals surface area contributed by atoms with Gasteiger partial charge in [0.2, 0.25) is 5.91 Å². The molecule has 2 rings (SSSR count). The Bertz CT molecular complexity index is 685. The van der Waals surface area contributed by atoms with Crippen LogP contribution in [0.4, 0.5) is 4.39 Å². The summed E-state index contributed by atoms with van der Waals surface area (Å²) in [5.74, 6) is -0.314. The van der Waals surface area contributed by atoms with Gasteiger partial charge in [-0.25, -0.2) is 12.8 Å². The summed E-state index contributed by atoms with van der Waals surface area (Å²) in [5, 5.41) is -0.396. The largest absolute Gasteiger partial charge is 0.340 e. The summed E-state index contributed by atoms with van der Waals surface area (Å²) in [7, 11) is -3.12. The molecule has 0 N–H and O–H groups in total. The number of halogens is 2. The van der Waals surface area contributed by atoms with Crippen molar-refractivity contribution in [3.63, 3.8) is 0 Å². The molecular formula is C16H21ClFNO3S. The van der Waals surface area contributed by atoms with Crippen LogP contribution in [0.15, 0.2) is 18.2 Å². The normalized spacial score (nSPS) is 15.8. The van der Waals surface area contributed by atoms with E-state index >= 15 is 0 Å². The number of rotatable bonds is 6. The molecule has 1 aliphatic rings. The molecule has 7 heteroatoms. The molecule has 0 saturated carbocycles. The molecule has 0 spiro atoms. The van der Waals surface area contributed by atoms with Gasteiger partial charge in [-0.1, -0.05) is 31.5 Å². The van der Waals surface area contributed by atoms with E-state index in [0.29, 0.717) is 6.42 Å². The first-order chi connectivity index (χ1) is 10.7. The lowest BCUT2D eigenvalue weighted by Crippen LogP contribution is -2.57. The van der Waals surface area contributed by atoms with Gasteiger partial charge in [0.25, 0.3) is 0 Å². The number of hydrogen-bond acceptors (Lipinski definition) is 3. The van der Waals surface area contributed by atoms with E-state index in [-0.39, 0.29) is 42.1 Å². The highest BCUT2D eigenvalue weighted by Gasteiger charge is 2.39. The Labute approximate surface area is 141 Å². The summed E-state index contributed by atoms with van der Waals surface area (Å²) >= 11 is 5.70. The van der Waals surface area contributed by atoms with Crippen molar-refractivity contribution in [2.75, 3.05) is 18.8 Å². The summed E-state index contributed by atoms with van der Waals surface area (Å²) in [5.41, 5.74) is 0.786. The third-order valence-electron chi connectivity index (χ3n) is 3.89. The third-order valence-corrected chi connectivity index (χ3v) is 6.62. The zero-order valence-corrected chi connectivity index (χ0v) is 14.8. The van der Waals surface area contributed by atoms with Crippen LogP contribution in [0, 0.1) is 11.7 Å². The van der Waals surface area contributed by atoms with Gasteiger partial charge in [0.1, 0.15) is 5.82 Å². The number of benzene rings is 1. The predicted octanol–water partition coefficient (Wildman–Crippen LogP) is 2.69. The first kappa shape index (κ1) is 18.2. The molecule has 0 aliphatic carbocycles. The molecule has 1 saturated heterocycles. The van der Waals surface area contributed by atoms with E-state index in [2.05, 4.69) is 0 Å². The first-order valence-corrected chi connectivity index (χ1v) is 9.71. The Morgan fingerprint density at radius 2 is 2.04 bits per heavy atom. The summed E-state index contributed by atoms with van der Waals surface area (Å²) in [6.45, 7) is 4.29. The van der Waals surface area contributed by atoms with Crippen LogP contribution in [0.1, 0.15) is 25.8 Å². The highest BCUT2D eigenvalue weighted by Crippen LogP contribution is 2.21. The monoisotopic (exact) mass is 361 g/mol. The molecule has 1 amide bonds. The molecule has 1 aromatic rings. The minimum atomic E-state index is -3.12. The highest BCUT2D eigenvalue weighted by molar-refractivity contribution is 7.92. The van der Waals surface area contributed by atoms with Gasteiger partial charge in [-0.15, -0.1) is 0 Å². The van der Waals surface area contributed by atoms with Crippen molar-refractivity contribution in [2.45, 2.75) is 31.9 Å². The fourth-order valence-electron chi connectivity index (χ4n) is 2.57. The Morgan fingerprint density at radius 1 is 1.39 bits per heavy atom. The standard InChI is InChI=1S/C16H21ClFNO3S/c1-11(2)10-23(21,22)13-8-19(9-13)16(20)6-4-12-3-5-15(18)14(17)7-12/h3,5,7,11,13H,4,6,8-10H2,1-2H3. The van der Waals surface area contributed by atoms with Gasteiger partial charge in [-0.05, 0) is 30.0 Å². The van der Waals surface area contributed by atoms with E-state index in [0.717, 1.165) is 5.56 Å². The zero-order chi connectivity index (χ0) is 17.2. The van der Waals surface area contributed by atoms with Crippen molar-refractivity contribution in [1.82, 2.24) is 4.90 Å². The molecule has 4 nitrogen and oxygen atoms in total. The molecule has 1 fully saturated rings. The molecule has 128 valence electrons. The van der Waals surface area contributed by atoms with Crippen LogP contribution in [0.5, 0.6) is 0 Å². The van der Waals surface area contributed by atoms with Gasteiger partial charge >= 0.3 is 0 Å². The van der Waals surface area contributed by atoms with Crippen molar-refractivity contribution in [3.8, 4) is 0 Å². The molecule has 0 bridgehead atoms. The smallest absolute Gasteiger partial charge is 0.222 e. The lowest BCUT2D eigenvalue weighted by molar-refractivity contribution is -0.134. The SMILES string of the molecule is CC(C)CS(=O)(=O)C1CN(C(=O)CCc2ccc(F)c(Cl)c2)C1. The molecule has 0 atom stereocenters. The fourth-order valence-corrected chi connectivity index (χ4v) is 4.79. The molecule has 0 aromatic heterocycles. The molecular weight excluding hydrogens is 341 g/mol. The average Bonchev–Trinajstić information content (AvgIpc) is 2.36. The van der Waals surface area contributed by atoms with Crippen molar-refractivity contribution in [1.29, 1.82) is 0 Å². The molecule has 0 radical (unpaired) electrons. The minimum Gasteiger partial charge on any atom is -0.340 e. The number of nitrogens with zero attached hydrogens (tertiary/aromatic N) is 1. The Balaban J connectivity index is 1.81. The zero-order valence-electron chi connectivity index (χ0n) is 13.3. The van der Waals surface area contributed by atoms with Gasteiger partial charge in [-0.3, -0.25) is 4.79 Å². The van der Waals surface area contributed by atoms with Crippen LogP contribution in [-0.2, 0) is 21.1 Å². The molecule has 23 heavy (non-hydrogen) atoms. The van der Waals surface area contributed by atoms with Crippen molar-refractivity contribution in [3.05, 3.63) is 34.6 Å². The van der Waals surface area contributed by atoms with Gasteiger partial charge in [0.15, 0.2) is 9.84 Å². The number of sulfone groups is 1. The van der Waals surface area contributed by atoms with E-state index < -0.39 is 20.9 Å². The minimum absolute atomic E-state index is 0.0405. The van der Waals surface area contributed by atoms with Gasteiger partial charge in [0, 0.05) is 19.5 Å². The van der Waals surface area contributed by atoms with Gasteiger partial charge < -0.3 is 4.90 Å². The number of amides is 1. The van der Waals surface area contributed by atoms with Crippen LogP contribution in [-0.4, -0.2) is 43.3 Å². The van der Waals surface area contributed by atoms with Crippen molar-refractivity contribution in [2.24, 2.45) is 5.92 Å². The van der Waals surface area contributed by atoms with E-state index in [1.165, 1.54) is 12.1 Å². The Morgan fingerprint density at radius 3 is 2.61 bits per heavy atom. The quantitative estimate of drug-likeness (QED) is 0.782. The van der Waals surface area contributed by atoms with E-state index in [1.807, 2.05) is 13.8 Å². The van der Waals surface area contributed by atoms with Crippen LogP contribution < -0.4 is 0 Å². The lowest BCUT2D eigenvalue weighted by atomic mass is 10.1. The summed E-state index contributed by atoms with van der Waals surface area (Å²) in [6.07, 6.45) is 0.720. The molecule has 1 heterocycles. The van der Waals surface area contributed by atoms with Gasteiger partial charge in [0.05, 0.1) is 16.0 Å². The van der Waals surface area contributed by atoms with Crippen molar-refractivity contribution >= 4 is 27.3 Å². The second-order valence-electron chi connectivity index (χ2n) is 6.39. The fraction of sp³-hybridized carbons (Fsp3) is 0.562. The molecule has 1 aromatic carbocycles.